The second-order valence-corrected chi connectivity index (χ2v) is 11.2. The molecule has 0 spiro atoms. The Balaban J connectivity index is 0.00000324. The molecule has 9 aromatic rings. The third-order valence-electron chi connectivity index (χ3n) is 8.34. The first kappa shape index (κ1) is 28.8. The van der Waals surface area contributed by atoms with E-state index < -0.39 is 0 Å². The Morgan fingerprint density at radius 1 is 0.553 bits per heavy atom. The summed E-state index contributed by atoms with van der Waals surface area (Å²) in [5.41, 5.74) is 6.39. The summed E-state index contributed by atoms with van der Waals surface area (Å²) in [6.45, 7) is 0. The third kappa shape index (κ3) is 5.25. The zero-order valence-electron chi connectivity index (χ0n) is 24.9. The standard InChI is InChI=1S/C41H24N4O.Pt/c1-2-10-27(11-3-1)31-20-32(38-24-30-14-6-7-15-37(30)43-44-38)22-34(21-31)46-33-17-18-35-36-23-28-12-4-5-13-29(28)25-39(36)45(40(35)26-33)41-16-8-9-19-42-41;/h1-21,23-25H;/q-2;+2. The van der Waals surface area contributed by atoms with E-state index in [1.54, 1.807) is 0 Å². The Labute approximate surface area is 285 Å². The Kier molecular flexibility index (Phi) is 7.32. The van der Waals surface area contributed by atoms with Gasteiger partial charge in [0.15, 0.2) is 0 Å². The zero-order valence-corrected chi connectivity index (χ0v) is 27.1. The van der Waals surface area contributed by atoms with Crippen LogP contribution in [0.3, 0.4) is 0 Å². The van der Waals surface area contributed by atoms with E-state index in [0.29, 0.717) is 11.5 Å². The minimum absolute atomic E-state index is 0. The molecule has 6 heteroatoms. The van der Waals surface area contributed by atoms with Gasteiger partial charge in [-0.05, 0) is 51.4 Å². The van der Waals surface area contributed by atoms with Crippen molar-refractivity contribution in [2.75, 3.05) is 0 Å². The summed E-state index contributed by atoms with van der Waals surface area (Å²) in [6.07, 6.45) is 1.82. The number of hydrogen-bond donors (Lipinski definition) is 0. The average Bonchev–Trinajstić information content (AvgIpc) is 3.43. The van der Waals surface area contributed by atoms with Gasteiger partial charge < -0.3 is 9.30 Å². The van der Waals surface area contributed by atoms with E-state index in [0.717, 1.165) is 60.9 Å². The molecule has 9 rings (SSSR count). The molecule has 0 N–H and O–H groups in total. The van der Waals surface area contributed by atoms with Gasteiger partial charge in [0.05, 0.1) is 5.52 Å². The van der Waals surface area contributed by atoms with Gasteiger partial charge in [-0.25, -0.2) is 10.1 Å². The number of fused-ring (bicyclic) bond motifs is 5. The van der Waals surface area contributed by atoms with E-state index in [1.165, 1.54) is 10.8 Å². The maximum Gasteiger partial charge on any atom is 2.00 e. The fourth-order valence-corrected chi connectivity index (χ4v) is 6.16. The van der Waals surface area contributed by atoms with Crippen molar-refractivity contribution in [2.24, 2.45) is 0 Å². The fourth-order valence-electron chi connectivity index (χ4n) is 6.16. The van der Waals surface area contributed by atoms with Gasteiger partial charge >= 0.3 is 21.1 Å². The van der Waals surface area contributed by atoms with Crippen LogP contribution in [0.25, 0.3) is 71.7 Å². The first-order valence-electron chi connectivity index (χ1n) is 15.1. The Morgan fingerprint density at radius 3 is 2.15 bits per heavy atom. The van der Waals surface area contributed by atoms with Gasteiger partial charge in [-0.2, -0.15) is 11.2 Å². The van der Waals surface area contributed by atoms with Gasteiger partial charge in [-0.3, -0.25) is 0 Å². The molecule has 0 fully saturated rings. The minimum Gasteiger partial charge on any atom is -0.503 e. The molecule has 5 nitrogen and oxygen atoms in total. The number of nitrogens with zero attached hydrogens (tertiary/aromatic N) is 4. The van der Waals surface area contributed by atoms with Crippen LogP contribution in [0.15, 0.2) is 146 Å². The smallest absolute Gasteiger partial charge is 0.503 e. The largest absolute Gasteiger partial charge is 2.00 e. The van der Waals surface area contributed by atoms with E-state index in [4.69, 9.17) is 9.72 Å². The predicted octanol–water partition coefficient (Wildman–Crippen LogP) is 10.00. The predicted molar refractivity (Wildman–Crippen MR) is 184 cm³/mol. The number of ether oxygens (including phenoxy) is 1. The van der Waals surface area contributed by atoms with Crippen LogP contribution in [0.4, 0.5) is 0 Å². The van der Waals surface area contributed by atoms with E-state index in [2.05, 4.69) is 87.6 Å². The van der Waals surface area contributed by atoms with Gasteiger partial charge in [-0.1, -0.05) is 114 Å². The molecule has 6 aromatic carbocycles. The van der Waals surface area contributed by atoms with Crippen LogP contribution >= 0.6 is 0 Å². The van der Waals surface area contributed by atoms with Gasteiger partial charge in [-0.15, -0.1) is 29.1 Å². The van der Waals surface area contributed by atoms with Crippen molar-refractivity contribution in [1.29, 1.82) is 0 Å². The third-order valence-corrected chi connectivity index (χ3v) is 8.34. The summed E-state index contributed by atoms with van der Waals surface area (Å²) in [5, 5.41) is 14.6. The van der Waals surface area contributed by atoms with E-state index in [-0.39, 0.29) is 21.1 Å². The molecule has 0 bridgehead atoms. The van der Waals surface area contributed by atoms with Crippen molar-refractivity contribution in [3.05, 3.63) is 158 Å². The summed E-state index contributed by atoms with van der Waals surface area (Å²) in [4.78, 5) is 4.71. The monoisotopic (exact) mass is 783 g/mol. The first-order valence-corrected chi connectivity index (χ1v) is 15.1. The van der Waals surface area contributed by atoms with Gasteiger partial charge in [0.2, 0.25) is 0 Å². The van der Waals surface area contributed by atoms with Crippen LogP contribution in [-0.2, 0) is 21.1 Å². The van der Waals surface area contributed by atoms with E-state index in [1.807, 2.05) is 85.1 Å². The molecule has 0 unspecified atom stereocenters. The number of pyridine rings is 1. The van der Waals surface area contributed by atoms with Crippen LogP contribution in [-0.4, -0.2) is 19.7 Å². The molecular formula is C41H24N4OPt. The molecule has 0 radical (unpaired) electrons. The van der Waals surface area contributed by atoms with Crippen molar-refractivity contribution in [3.63, 3.8) is 0 Å². The van der Waals surface area contributed by atoms with Gasteiger partial charge in [0.1, 0.15) is 5.82 Å². The molecule has 0 atom stereocenters. The molecule has 0 amide bonds. The molecule has 47 heavy (non-hydrogen) atoms. The van der Waals surface area contributed by atoms with Gasteiger partial charge in [0.25, 0.3) is 0 Å². The molecular weight excluding hydrogens is 760 g/mol. The number of rotatable bonds is 5. The zero-order chi connectivity index (χ0) is 30.5. The topological polar surface area (TPSA) is 52.8 Å². The van der Waals surface area contributed by atoms with E-state index in [9.17, 15) is 0 Å². The molecule has 0 aliphatic rings. The fraction of sp³-hybridized carbons (Fsp3) is 0. The Morgan fingerprint density at radius 2 is 1.32 bits per heavy atom. The number of benzene rings is 6. The second kappa shape index (κ2) is 11.9. The maximum atomic E-state index is 6.57. The molecule has 0 aliphatic carbocycles. The first-order chi connectivity index (χ1) is 22.8. The molecule has 3 heterocycles. The Bertz CT molecular complexity index is 2560. The minimum atomic E-state index is 0. The quantitative estimate of drug-likeness (QED) is 0.163. The average molecular weight is 784 g/mol. The molecule has 224 valence electrons. The van der Waals surface area contributed by atoms with E-state index >= 15 is 0 Å². The maximum absolute atomic E-state index is 6.57. The van der Waals surface area contributed by atoms with Crippen molar-refractivity contribution in [2.45, 2.75) is 0 Å². The normalized spacial score (nSPS) is 11.2. The van der Waals surface area contributed by atoms with Crippen molar-refractivity contribution in [1.82, 2.24) is 19.7 Å². The van der Waals surface area contributed by atoms with Crippen LogP contribution in [0.1, 0.15) is 0 Å². The Hall–Kier alpha value is -5.64. The van der Waals surface area contributed by atoms with Crippen LogP contribution in [0.2, 0.25) is 0 Å². The summed E-state index contributed by atoms with van der Waals surface area (Å²) < 4.78 is 8.73. The second-order valence-electron chi connectivity index (χ2n) is 11.2. The van der Waals surface area contributed by atoms with Crippen molar-refractivity contribution >= 4 is 43.5 Å². The summed E-state index contributed by atoms with van der Waals surface area (Å²) >= 11 is 0. The summed E-state index contributed by atoms with van der Waals surface area (Å²) in [6, 6.07) is 54.3. The summed E-state index contributed by atoms with van der Waals surface area (Å²) in [7, 11) is 0. The van der Waals surface area contributed by atoms with Crippen molar-refractivity contribution in [3.8, 4) is 39.7 Å². The number of aromatic nitrogens is 4. The molecule has 3 aromatic heterocycles. The molecule has 0 aliphatic heterocycles. The summed E-state index contributed by atoms with van der Waals surface area (Å²) in [5.74, 6) is 1.96. The van der Waals surface area contributed by atoms with Crippen LogP contribution < -0.4 is 4.74 Å². The molecule has 0 saturated heterocycles. The molecule has 0 saturated carbocycles. The van der Waals surface area contributed by atoms with Crippen LogP contribution in [0.5, 0.6) is 11.5 Å². The SMILES string of the molecule is [Pt+2].[c-]1c(Oc2[c-]c3c(cc2)c2cc4ccccc4cc2n3-c2ccccn2)cc(-c2ccccc2)cc1-c1cc2ccccc2nn1. The van der Waals surface area contributed by atoms with Gasteiger partial charge in [0, 0.05) is 28.9 Å². The number of hydrogen-bond acceptors (Lipinski definition) is 4. The van der Waals surface area contributed by atoms with Crippen LogP contribution in [0, 0.1) is 12.1 Å². The van der Waals surface area contributed by atoms with Crippen molar-refractivity contribution < 1.29 is 25.8 Å².